The zero-order valence-electron chi connectivity index (χ0n) is 15.1. The van der Waals surface area contributed by atoms with E-state index in [4.69, 9.17) is 25.6 Å². The maximum absolute atomic E-state index is 13.7. The Labute approximate surface area is 157 Å². The Balaban J connectivity index is 1.84. The van der Waals surface area contributed by atoms with Gasteiger partial charge >= 0.3 is 7.12 Å². The van der Waals surface area contributed by atoms with Crippen molar-refractivity contribution in [2.45, 2.75) is 45.5 Å². The second-order valence-corrected chi connectivity index (χ2v) is 7.71. The van der Waals surface area contributed by atoms with Crippen LogP contribution >= 0.6 is 11.6 Å². The molecule has 0 amide bonds. The van der Waals surface area contributed by atoms with Crippen molar-refractivity contribution in [2.75, 3.05) is 0 Å². The summed E-state index contributed by atoms with van der Waals surface area (Å²) in [5, 5.41) is 0.0393. The lowest BCUT2D eigenvalue weighted by Gasteiger charge is -2.32. The summed E-state index contributed by atoms with van der Waals surface area (Å²) in [4.78, 5) is 0. The number of ether oxygens (including phenoxy) is 1. The zero-order valence-corrected chi connectivity index (χ0v) is 15.9. The van der Waals surface area contributed by atoms with Crippen molar-refractivity contribution < 1.29 is 22.8 Å². The van der Waals surface area contributed by atoms with Crippen LogP contribution in [-0.4, -0.2) is 18.3 Å². The highest BCUT2D eigenvalue weighted by molar-refractivity contribution is 6.63. The molecule has 0 bridgehead atoms. The van der Waals surface area contributed by atoms with Crippen molar-refractivity contribution in [2.24, 2.45) is 0 Å². The summed E-state index contributed by atoms with van der Waals surface area (Å²) in [5.74, 6) is -0.681. The van der Waals surface area contributed by atoms with E-state index in [-0.39, 0.29) is 11.6 Å². The Kier molecular flexibility index (Phi) is 5.03. The summed E-state index contributed by atoms with van der Waals surface area (Å²) in [7, 11) is -0.683. The van der Waals surface area contributed by atoms with Crippen LogP contribution < -0.4 is 10.2 Å². The first kappa shape index (κ1) is 19.1. The second kappa shape index (κ2) is 6.84. The molecule has 0 aliphatic carbocycles. The highest BCUT2D eigenvalue weighted by Crippen LogP contribution is 2.37. The van der Waals surface area contributed by atoms with E-state index < -0.39 is 30.0 Å². The van der Waals surface area contributed by atoms with E-state index in [0.717, 1.165) is 0 Å². The maximum Gasteiger partial charge on any atom is 0.498 e. The molecule has 7 heteroatoms. The molecule has 0 radical (unpaired) electrons. The van der Waals surface area contributed by atoms with Gasteiger partial charge in [-0.3, -0.25) is 0 Å². The van der Waals surface area contributed by atoms with Crippen LogP contribution in [0.2, 0.25) is 5.02 Å². The van der Waals surface area contributed by atoms with Gasteiger partial charge in [0, 0.05) is 11.5 Å². The van der Waals surface area contributed by atoms with Gasteiger partial charge < -0.3 is 14.0 Å². The Morgan fingerprint density at radius 2 is 1.65 bits per heavy atom. The predicted molar refractivity (Wildman–Crippen MR) is 97.9 cm³/mol. The predicted octanol–water partition coefficient (Wildman–Crippen LogP) is 4.50. The van der Waals surface area contributed by atoms with Gasteiger partial charge in [0.1, 0.15) is 24.0 Å². The normalized spacial score (nSPS) is 18.2. The van der Waals surface area contributed by atoms with Crippen LogP contribution in [0.15, 0.2) is 36.4 Å². The van der Waals surface area contributed by atoms with Crippen molar-refractivity contribution >= 4 is 24.2 Å². The highest BCUT2D eigenvalue weighted by atomic mass is 35.5. The lowest BCUT2D eigenvalue weighted by molar-refractivity contribution is 0.00578. The first-order valence-corrected chi connectivity index (χ1v) is 8.69. The molecule has 1 fully saturated rings. The zero-order chi connectivity index (χ0) is 19.1. The van der Waals surface area contributed by atoms with Crippen LogP contribution in [-0.2, 0) is 15.9 Å². The Bertz CT molecular complexity index is 810. The third-order valence-corrected chi connectivity index (χ3v) is 5.17. The molecule has 1 aliphatic rings. The largest absolute Gasteiger partial charge is 0.498 e. The second-order valence-electron chi connectivity index (χ2n) is 7.31. The summed E-state index contributed by atoms with van der Waals surface area (Å²) in [6, 6.07) is 8.57. The molecule has 138 valence electrons. The van der Waals surface area contributed by atoms with Gasteiger partial charge in [-0.25, -0.2) is 8.78 Å². The van der Waals surface area contributed by atoms with E-state index in [2.05, 4.69) is 0 Å². The summed E-state index contributed by atoms with van der Waals surface area (Å²) in [6.07, 6.45) is 0. The lowest BCUT2D eigenvalue weighted by atomic mass is 9.78. The summed E-state index contributed by atoms with van der Waals surface area (Å²) in [5.41, 5.74) is 0.112. The molecule has 0 atom stereocenters. The SMILES string of the molecule is CC1(C)OB(c2ccc(F)cc2OCc2ccc(Cl)c(F)c2)OC1(C)C. The van der Waals surface area contributed by atoms with Crippen molar-refractivity contribution in [1.82, 2.24) is 0 Å². The van der Waals surface area contributed by atoms with Crippen LogP contribution in [0, 0.1) is 11.6 Å². The Morgan fingerprint density at radius 1 is 1.00 bits per heavy atom. The van der Waals surface area contributed by atoms with Crippen LogP contribution in [0.3, 0.4) is 0 Å². The Hall–Kier alpha value is -1.63. The number of halogens is 3. The molecule has 0 N–H and O–H groups in total. The highest BCUT2D eigenvalue weighted by Gasteiger charge is 2.52. The molecule has 1 aliphatic heterocycles. The molecule has 0 saturated carbocycles. The van der Waals surface area contributed by atoms with Gasteiger partial charge in [-0.05, 0) is 51.5 Å². The third-order valence-electron chi connectivity index (χ3n) is 4.86. The number of rotatable bonds is 4. The van der Waals surface area contributed by atoms with E-state index in [1.165, 1.54) is 24.3 Å². The molecule has 0 unspecified atom stereocenters. The minimum atomic E-state index is -0.683. The molecule has 1 heterocycles. The molecule has 0 spiro atoms. The molecular weight excluding hydrogens is 360 g/mol. The smallest absolute Gasteiger partial charge is 0.489 e. The van der Waals surface area contributed by atoms with Gasteiger partial charge in [0.2, 0.25) is 0 Å². The standard InChI is InChI=1S/C19H20BClF2O3/c1-18(2)19(3,4)26-20(25-18)14-7-6-13(22)10-17(14)24-11-12-5-8-15(21)16(23)9-12/h5-10H,11H2,1-4H3. The van der Waals surface area contributed by atoms with Crippen LogP contribution in [0.4, 0.5) is 8.78 Å². The van der Waals surface area contributed by atoms with Crippen LogP contribution in [0.1, 0.15) is 33.3 Å². The molecule has 3 nitrogen and oxygen atoms in total. The average molecular weight is 381 g/mol. The first-order chi connectivity index (χ1) is 12.1. The van der Waals surface area contributed by atoms with Gasteiger partial charge in [-0.15, -0.1) is 0 Å². The molecule has 2 aromatic carbocycles. The fourth-order valence-electron chi connectivity index (χ4n) is 2.59. The maximum atomic E-state index is 13.7. The minimum Gasteiger partial charge on any atom is -0.489 e. The molecule has 0 aromatic heterocycles. The van der Waals surface area contributed by atoms with E-state index in [1.807, 2.05) is 27.7 Å². The summed E-state index contributed by atoms with van der Waals surface area (Å²) >= 11 is 5.68. The third kappa shape index (κ3) is 3.73. The van der Waals surface area contributed by atoms with Crippen molar-refractivity contribution in [3.05, 3.63) is 58.6 Å². The number of hydrogen-bond donors (Lipinski definition) is 0. The number of benzene rings is 2. The van der Waals surface area contributed by atoms with Crippen molar-refractivity contribution in [3.8, 4) is 5.75 Å². The van der Waals surface area contributed by atoms with Gasteiger partial charge in [0.15, 0.2) is 0 Å². The van der Waals surface area contributed by atoms with E-state index in [1.54, 1.807) is 12.1 Å². The molecule has 1 saturated heterocycles. The van der Waals surface area contributed by atoms with E-state index in [0.29, 0.717) is 16.8 Å². The van der Waals surface area contributed by atoms with E-state index >= 15 is 0 Å². The number of hydrogen-bond acceptors (Lipinski definition) is 3. The summed E-state index contributed by atoms with van der Waals surface area (Å²) in [6.45, 7) is 7.81. The molecule has 26 heavy (non-hydrogen) atoms. The van der Waals surface area contributed by atoms with Crippen molar-refractivity contribution in [3.63, 3.8) is 0 Å². The van der Waals surface area contributed by atoms with Gasteiger partial charge in [0.05, 0.1) is 16.2 Å². The quantitative estimate of drug-likeness (QED) is 0.731. The minimum absolute atomic E-state index is 0.0393. The van der Waals surface area contributed by atoms with Crippen LogP contribution in [0.25, 0.3) is 0 Å². The monoisotopic (exact) mass is 380 g/mol. The fraction of sp³-hybridized carbons (Fsp3) is 0.368. The van der Waals surface area contributed by atoms with Crippen LogP contribution in [0.5, 0.6) is 5.75 Å². The van der Waals surface area contributed by atoms with E-state index in [9.17, 15) is 8.78 Å². The first-order valence-electron chi connectivity index (χ1n) is 8.31. The van der Waals surface area contributed by atoms with Gasteiger partial charge in [-0.2, -0.15) is 0 Å². The van der Waals surface area contributed by atoms with Crippen molar-refractivity contribution in [1.29, 1.82) is 0 Å². The summed E-state index contributed by atoms with van der Waals surface area (Å²) < 4.78 is 45.1. The molecule has 2 aromatic rings. The fourth-order valence-corrected chi connectivity index (χ4v) is 2.71. The topological polar surface area (TPSA) is 27.7 Å². The average Bonchev–Trinajstić information content (AvgIpc) is 2.76. The van der Waals surface area contributed by atoms with Gasteiger partial charge in [-0.1, -0.05) is 23.7 Å². The molecular formula is C19H20BClF2O3. The van der Waals surface area contributed by atoms with Gasteiger partial charge in [0.25, 0.3) is 0 Å². The Morgan fingerprint density at radius 3 is 2.27 bits per heavy atom. The molecule has 3 rings (SSSR count). The lowest BCUT2D eigenvalue weighted by Crippen LogP contribution is -2.41.